The maximum absolute atomic E-state index is 2.71. The molecular formula is C78H58N4. The van der Waals surface area contributed by atoms with Crippen molar-refractivity contribution >= 4 is 120 Å². The Bertz CT molecular complexity index is 5400. The van der Waals surface area contributed by atoms with Crippen molar-refractivity contribution in [1.29, 1.82) is 0 Å². The number of rotatable bonds is 4. The smallest absolute Gasteiger partial charge is 0.0641 e. The molecule has 0 radical (unpaired) electrons. The number of nitrogens with zero attached hydrogens (tertiary/aromatic N) is 4. The summed E-state index contributed by atoms with van der Waals surface area (Å²) in [5, 5.41) is 15.8. The molecule has 0 bridgehead atoms. The Morgan fingerprint density at radius 3 is 1.07 bits per heavy atom. The average Bonchev–Trinajstić information content (AvgIpc) is 1.70. The van der Waals surface area contributed by atoms with Gasteiger partial charge in [-0.1, -0.05) is 201 Å². The minimum absolute atomic E-state index is 0.120. The van der Waals surface area contributed by atoms with Crippen LogP contribution in [-0.4, -0.2) is 17.9 Å². The van der Waals surface area contributed by atoms with E-state index in [-0.39, 0.29) is 22.7 Å². The molecule has 0 aliphatic heterocycles. The molecule has 17 aromatic rings. The van der Waals surface area contributed by atoms with Crippen LogP contribution in [0.1, 0.15) is 101 Å². The molecule has 6 heterocycles. The lowest BCUT2D eigenvalue weighted by molar-refractivity contribution is 0.660. The fourth-order valence-corrected chi connectivity index (χ4v) is 17.2. The van der Waals surface area contributed by atoms with E-state index in [0.29, 0.717) is 0 Å². The number of fused-ring (bicyclic) bond motifs is 26. The first-order chi connectivity index (χ1) is 39.9. The Labute approximate surface area is 474 Å². The quantitative estimate of drug-likeness (QED) is 0.167. The standard InChI is InChI=1S/C78H58N4/c1-41(2)65-69-55-25-17-23-53-68-64(38-36-52-50-22-12-16-30-62(50)80(74(52)68)44-32-34-48-46-20-10-14-28-58(46)78(7,8)60(48)40-44)82(71(53)55)76(69)66(42(3)4)70-56-26-18-24-54-67-63(81(72(54)56)75(65)70)37-35-51-49-21-11-15-29-61(49)79(73(51)67)43-31-33-47-45-19-9-13-27-57(45)77(5,6)59(47)39-43/h9-42H,1-8H3. The summed E-state index contributed by atoms with van der Waals surface area (Å²) in [6.45, 7) is 19.3. The molecule has 0 atom stereocenters. The molecule has 2 aliphatic rings. The topological polar surface area (TPSA) is 18.7 Å². The van der Waals surface area contributed by atoms with Crippen LogP contribution in [0, 0.1) is 0 Å². The maximum Gasteiger partial charge on any atom is 0.0641 e. The van der Waals surface area contributed by atoms with Gasteiger partial charge in [-0.25, -0.2) is 0 Å². The van der Waals surface area contributed by atoms with Crippen molar-refractivity contribution in [2.75, 3.05) is 0 Å². The molecule has 0 unspecified atom stereocenters. The zero-order chi connectivity index (χ0) is 54.7. The van der Waals surface area contributed by atoms with Gasteiger partial charge >= 0.3 is 0 Å². The summed E-state index contributed by atoms with van der Waals surface area (Å²) in [6, 6.07) is 74.8. The van der Waals surface area contributed by atoms with Gasteiger partial charge in [0, 0.05) is 86.8 Å². The number of hydrogen-bond acceptors (Lipinski definition) is 0. The molecule has 0 fully saturated rings. The number of benzene rings is 11. The number of aromatic nitrogens is 4. The van der Waals surface area contributed by atoms with E-state index in [2.05, 4.69) is 267 Å². The molecule has 4 heteroatoms. The molecule has 82 heavy (non-hydrogen) atoms. The summed E-state index contributed by atoms with van der Waals surface area (Å²) in [5.74, 6) is 0.435. The summed E-state index contributed by atoms with van der Waals surface area (Å²) < 4.78 is 10.6. The average molecular weight is 1050 g/mol. The van der Waals surface area contributed by atoms with Gasteiger partial charge in [-0.2, -0.15) is 0 Å². The fraction of sp³-hybridized carbons (Fsp3) is 0.154. The van der Waals surface area contributed by atoms with Crippen LogP contribution in [-0.2, 0) is 10.8 Å². The van der Waals surface area contributed by atoms with Gasteiger partial charge in [0.25, 0.3) is 0 Å². The lowest BCUT2D eigenvalue weighted by Gasteiger charge is -2.22. The highest BCUT2D eigenvalue weighted by Crippen LogP contribution is 2.56. The Morgan fingerprint density at radius 2 is 0.646 bits per heavy atom. The molecule has 0 saturated heterocycles. The molecule has 19 rings (SSSR count). The molecule has 0 N–H and O–H groups in total. The van der Waals surface area contributed by atoms with Crippen molar-refractivity contribution in [2.24, 2.45) is 0 Å². The lowest BCUT2D eigenvalue weighted by atomic mass is 9.82. The second-order valence-corrected chi connectivity index (χ2v) is 25.9. The van der Waals surface area contributed by atoms with E-state index >= 15 is 0 Å². The monoisotopic (exact) mass is 1050 g/mol. The highest BCUT2D eigenvalue weighted by molar-refractivity contribution is 6.36. The van der Waals surface area contributed by atoms with E-state index in [1.807, 2.05) is 0 Å². The van der Waals surface area contributed by atoms with Crippen LogP contribution in [0.25, 0.3) is 153 Å². The molecule has 6 aromatic heterocycles. The van der Waals surface area contributed by atoms with Crippen LogP contribution >= 0.6 is 0 Å². The molecule has 0 spiro atoms. The van der Waals surface area contributed by atoms with Crippen LogP contribution in [0.2, 0.25) is 0 Å². The zero-order valence-electron chi connectivity index (χ0n) is 47.4. The molecule has 0 amide bonds. The molecule has 2 aliphatic carbocycles. The van der Waals surface area contributed by atoms with E-state index in [4.69, 9.17) is 0 Å². The van der Waals surface area contributed by atoms with Gasteiger partial charge in [0.2, 0.25) is 0 Å². The summed E-state index contributed by atoms with van der Waals surface area (Å²) in [5.41, 5.74) is 28.9. The van der Waals surface area contributed by atoms with E-state index < -0.39 is 0 Å². The van der Waals surface area contributed by atoms with E-state index in [9.17, 15) is 0 Å². The minimum Gasteiger partial charge on any atom is -0.309 e. The van der Waals surface area contributed by atoms with Gasteiger partial charge in [-0.05, 0) is 116 Å². The van der Waals surface area contributed by atoms with Gasteiger partial charge in [-0.15, -0.1) is 0 Å². The lowest BCUT2D eigenvalue weighted by Crippen LogP contribution is -2.15. The van der Waals surface area contributed by atoms with E-state index in [1.165, 1.54) is 187 Å². The first kappa shape index (κ1) is 45.4. The van der Waals surface area contributed by atoms with Gasteiger partial charge in [0.1, 0.15) is 0 Å². The second kappa shape index (κ2) is 14.9. The summed E-state index contributed by atoms with van der Waals surface area (Å²) in [6.07, 6.45) is 0. The van der Waals surface area contributed by atoms with Crippen LogP contribution < -0.4 is 0 Å². The Hall–Kier alpha value is -9.38. The van der Waals surface area contributed by atoms with Crippen molar-refractivity contribution in [1.82, 2.24) is 17.9 Å². The molecular weight excluding hydrogens is 993 g/mol. The number of para-hydroxylation sites is 4. The second-order valence-electron chi connectivity index (χ2n) is 25.9. The van der Waals surface area contributed by atoms with Crippen LogP contribution in [0.3, 0.4) is 0 Å². The Kier molecular flexibility index (Phi) is 8.26. The minimum atomic E-state index is -0.120. The maximum atomic E-state index is 2.71. The Morgan fingerprint density at radius 1 is 0.280 bits per heavy atom. The third-order valence-electron chi connectivity index (χ3n) is 20.5. The van der Waals surface area contributed by atoms with Gasteiger partial charge < -0.3 is 17.9 Å². The summed E-state index contributed by atoms with van der Waals surface area (Å²) in [4.78, 5) is 0. The third-order valence-corrected chi connectivity index (χ3v) is 20.5. The van der Waals surface area contributed by atoms with E-state index in [1.54, 1.807) is 0 Å². The molecule has 390 valence electrons. The zero-order valence-corrected chi connectivity index (χ0v) is 47.4. The fourth-order valence-electron chi connectivity index (χ4n) is 17.2. The van der Waals surface area contributed by atoms with Crippen molar-refractivity contribution in [3.63, 3.8) is 0 Å². The first-order valence-electron chi connectivity index (χ1n) is 29.7. The van der Waals surface area contributed by atoms with Gasteiger partial charge in [0.05, 0.1) is 55.2 Å². The van der Waals surface area contributed by atoms with Crippen molar-refractivity contribution in [3.8, 4) is 33.6 Å². The third kappa shape index (κ3) is 5.12. The first-order valence-corrected chi connectivity index (χ1v) is 29.7. The normalized spacial score (nSPS) is 14.8. The number of hydrogen-bond donors (Lipinski definition) is 0. The van der Waals surface area contributed by atoms with Gasteiger partial charge in [0.15, 0.2) is 0 Å². The summed E-state index contributed by atoms with van der Waals surface area (Å²) >= 11 is 0. The highest BCUT2D eigenvalue weighted by atomic mass is 15.0. The summed E-state index contributed by atoms with van der Waals surface area (Å²) in [7, 11) is 0. The van der Waals surface area contributed by atoms with Gasteiger partial charge in [-0.3, -0.25) is 0 Å². The SMILES string of the molecule is CC(C)c1c2c3cccc4c5c6c(ccc5n(c2c(C(C)C)c2c5cccc7c8c9c(ccc8n(c12)c57)c1ccccc1n9-c1ccc2c(c1)C(C)(C)c1ccccc1-2)c34)c1ccccc1n6-c1ccc2c(c1)C(C)(C)c1ccccc1-2. The van der Waals surface area contributed by atoms with Crippen LogP contribution in [0.5, 0.6) is 0 Å². The largest absolute Gasteiger partial charge is 0.309 e. The highest BCUT2D eigenvalue weighted by Gasteiger charge is 2.38. The molecule has 0 saturated carbocycles. The van der Waals surface area contributed by atoms with Crippen LogP contribution in [0.15, 0.2) is 194 Å². The predicted molar refractivity (Wildman–Crippen MR) is 348 cm³/mol. The predicted octanol–water partition coefficient (Wildman–Crippen LogP) is 21.0. The van der Waals surface area contributed by atoms with Crippen molar-refractivity contribution < 1.29 is 0 Å². The Balaban J connectivity index is 0.935. The molecule has 11 aromatic carbocycles. The van der Waals surface area contributed by atoms with Crippen molar-refractivity contribution in [2.45, 2.75) is 78.1 Å². The molecule has 4 nitrogen and oxygen atoms in total. The van der Waals surface area contributed by atoms with Crippen LogP contribution in [0.4, 0.5) is 0 Å². The van der Waals surface area contributed by atoms with Crippen molar-refractivity contribution in [3.05, 3.63) is 228 Å². The van der Waals surface area contributed by atoms with E-state index in [0.717, 1.165) is 0 Å².